The second kappa shape index (κ2) is 4.08. The van der Waals surface area contributed by atoms with Gasteiger partial charge in [-0.05, 0) is 28.2 Å². The molecule has 1 unspecified atom stereocenters. The molecule has 0 radical (unpaired) electrons. The van der Waals surface area contributed by atoms with Crippen molar-refractivity contribution < 1.29 is 5.11 Å². The highest BCUT2D eigenvalue weighted by Gasteiger charge is 2.18. The Balaban J connectivity index is 2.41. The first-order chi connectivity index (χ1) is 7.11. The molecule has 0 saturated carbocycles. The van der Waals surface area contributed by atoms with Gasteiger partial charge in [0.15, 0.2) is 0 Å². The Bertz CT molecular complexity index is 477. The largest absolute Gasteiger partial charge is 0.383 e. The van der Waals surface area contributed by atoms with Gasteiger partial charge in [0.05, 0.1) is 6.20 Å². The summed E-state index contributed by atoms with van der Waals surface area (Å²) >= 11 is 4.99. The zero-order valence-corrected chi connectivity index (χ0v) is 10.8. The predicted octanol–water partition coefficient (Wildman–Crippen LogP) is 2.63. The molecule has 2 aromatic rings. The minimum Gasteiger partial charge on any atom is -0.383 e. The summed E-state index contributed by atoms with van der Waals surface area (Å²) < 4.78 is 2.71. The first-order valence-corrected chi connectivity index (χ1v) is 6.23. The van der Waals surface area contributed by atoms with Gasteiger partial charge in [-0.1, -0.05) is 0 Å². The Morgan fingerprint density at radius 3 is 2.67 bits per heavy atom. The quantitative estimate of drug-likeness (QED) is 0.922. The number of aryl methyl sites for hydroxylation is 1. The van der Waals surface area contributed by atoms with E-state index in [2.05, 4.69) is 21.0 Å². The third kappa shape index (κ3) is 1.87. The van der Waals surface area contributed by atoms with Crippen molar-refractivity contribution in [3.8, 4) is 0 Å². The summed E-state index contributed by atoms with van der Waals surface area (Å²) in [5.74, 6) is 0. The van der Waals surface area contributed by atoms with Crippen LogP contribution in [0.25, 0.3) is 0 Å². The zero-order valence-electron chi connectivity index (χ0n) is 8.44. The molecule has 0 aliphatic heterocycles. The lowest BCUT2D eigenvalue weighted by Gasteiger charge is -2.09. The van der Waals surface area contributed by atoms with E-state index in [1.807, 2.05) is 24.7 Å². The van der Waals surface area contributed by atoms with Crippen molar-refractivity contribution >= 4 is 27.3 Å². The van der Waals surface area contributed by atoms with E-state index >= 15 is 0 Å². The van der Waals surface area contributed by atoms with Crippen molar-refractivity contribution in [3.05, 3.63) is 38.3 Å². The molecule has 1 N–H and O–H groups in total. The van der Waals surface area contributed by atoms with Crippen LogP contribution in [-0.2, 0) is 7.05 Å². The van der Waals surface area contributed by atoms with Gasteiger partial charge in [-0.25, -0.2) is 0 Å². The molecule has 0 aromatic carbocycles. The molecule has 15 heavy (non-hydrogen) atoms. The fourth-order valence-electron chi connectivity index (χ4n) is 1.44. The van der Waals surface area contributed by atoms with Gasteiger partial charge in [0, 0.05) is 33.7 Å². The zero-order chi connectivity index (χ0) is 11.0. The van der Waals surface area contributed by atoms with Crippen molar-refractivity contribution in [1.82, 2.24) is 9.78 Å². The van der Waals surface area contributed by atoms with E-state index in [4.69, 9.17) is 0 Å². The van der Waals surface area contributed by atoms with E-state index in [-0.39, 0.29) is 0 Å². The van der Waals surface area contributed by atoms with E-state index in [0.29, 0.717) is 0 Å². The van der Waals surface area contributed by atoms with Gasteiger partial charge in [0.2, 0.25) is 0 Å². The monoisotopic (exact) mass is 286 g/mol. The Hall–Kier alpha value is -0.650. The second-order valence-corrected chi connectivity index (χ2v) is 4.98. The molecule has 0 aliphatic carbocycles. The molecule has 80 valence electrons. The van der Waals surface area contributed by atoms with Gasteiger partial charge in [0.1, 0.15) is 6.10 Å². The van der Waals surface area contributed by atoms with Gasteiger partial charge in [-0.3, -0.25) is 4.68 Å². The summed E-state index contributed by atoms with van der Waals surface area (Å²) in [5, 5.41) is 18.2. The summed E-state index contributed by atoms with van der Waals surface area (Å²) in [7, 11) is 1.87. The van der Waals surface area contributed by atoms with Gasteiger partial charge in [-0.2, -0.15) is 16.4 Å². The maximum absolute atomic E-state index is 10.2. The molecule has 0 spiro atoms. The van der Waals surface area contributed by atoms with Crippen LogP contribution < -0.4 is 0 Å². The van der Waals surface area contributed by atoms with E-state index in [9.17, 15) is 5.11 Å². The lowest BCUT2D eigenvalue weighted by Crippen LogP contribution is -2.01. The lowest BCUT2D eigenvalue weighted by molar-refractivity contribution is 0.219. The maximum Gasteiger partial charge on any atom is 0.109 e. The third-order valence-electron chi connectivity index (χ3n) is 2.50. The molecular formula is C10H11BrN2OS. The summed E-state index contributed by atoms with van der Waals surface area (Å²) in [6.45, 7) is 1.95. The van der Waals surface area contributed by atoms with Crippen LogP contribution in [0.1, 0.15) is 22.9 Å². The van der Waals surface area contributed by atoms with Gasteiger partial charge < -0.3 is 5.11 Å². The van der Waals surface area contributed by atoms with Crippen LogP contribution >= 0.6 is 27.3 Å². The molecule has 2 aromatic heterocycles. The van der Waals surface area contributed by atoms with Gasteiger partial charge in [-0.15, -0.1) is 0 Å². The highest BCUT2D eigenvalue weighted by Crippen LogP contribution is 2.32. The number of aliphatic hydroxyl groups excluding tert-OH is 1. The molecule has 2 heterocycles. The van der Waals surface area contributed by atoms with E-state index in [0.717, 1.165) is 21.3 Å². The predicted molar refractivity (Wildman–Crippen MR) is 64.0 cm³/mol. The topological polar surface area (TPSA) is 38.1 Å². The van der Waals surface area contributed by atoms with E-state index in [1.54, 1.807) is 22.2 Å². The average Bonchev–Trinajstić information content (AvgIpc) is 2.75. The van der Waals surface area contributed by atoms with Crippen molar-refractivity contribution in [2.45, 2.75) is 13.0 Å². The number of hydrogen-bond acceptors (Lipinski definition) is 3. The average molecular weight is 287 g/mol. The van der Waals surface area contributed by atoms with Crippen molar-refractivity contribution in [1.29, 1.82) is 0 Å². The lowest BCUT2D eigenvalue weighted by atomic mass is 10.1. The molecule has 0 saturated heterocycles. The Labute approximate surface area is 100 Å². The Kier molecular flexibility index (Phi) is 2.95. The molecule has 5 heteroatoms. The maximum atomic E-state index is 10.2. The summed E-state index contributed by atoms with van der Waals surface area (Å²) in [4.78, 5) is 0. The third-order valence-corrected chi connectivity index (χ3v) is 4.26. The molecule has 1 atom stereocenters. The first kappa shape index (κ1) is 10.9. The van der Waals surface area contributed by atoms with Crippen molar-refractivity contribution in [2.24, 2.45) is 7.05 Å². The van der Waals surface area contributed by atoms with Crippen molar-refractivity contribution in [3.63, 3.8) is 0 Å². The number of aromatic nitrogens is 2. The molecular weight excluding hydrogens is 276 g/mol. The normalized spacial score (nSPS) is 13.1. The van der Waals surface area contributed by atoms with Crippen LogP contribution in [0.2, 0.25) is 0 Å². The van der Waals surface area contributed by atoms with Crippen LogP contribution in [0.4, 0.5) is 0 Å². The molecule has 0 amide bonds. The highest BCUT2D eigenvalue weighted by atomic mass is 79.9. The summed E-state index contributed by atoms with van der Waals surface area (Å²) in [6, 6.07) is 0. The fourth-order valence-corrected chi connectivity index (χ4v) is 2.97. The number of hydrogen-bond donors (Lipinski definition) is 1. The number of halogens is 1. The summed E-state index contributed by atoms with van der Waals surface area (Å²) in [5.41, 5.74) is 2.74. The van der Waals surface area contributed by atoms with Crippen LogP contribution in [0.15, 0.2) is 21.4 Å². The number of thiophene rings is 1. The van der Waals surface area contributed by atoms with E-state index in [1.165, 1.54) is 0 Å². The van der Waals surface area contributed by atoms with Crippen LogP contribution in [0, 0.1) is 6.92 Å². The number of nitrogens with zero attached hydrogens (tertiary/aromatic N) is 2. The first-order valence-electron chi connectivity index (χ1n) is 4.49. The smallest absolute Gasteiger partial charge is 0.109 e. The Morgan fingerprint density at radius 2 is 2.20 bits per heavy atom. The minimum absolute atomic E-state index is 0.598. The number of rotatable bonds is 2. The molecule has 0 bridgehead atoms. The van der Waals surface area contributed by atoms with Gasteiger partial charge >= 0.3 is 0 Å². The summed E-state index contributed by atoms with van der Waals surface area (Å²) in [6.07, 6.45) is 1.11. The molecule has 0 aliphatic rings. The SMILES string of the molecule is Cc1c(C(O)c2cscc2Br)cnn1C. The van der Waals surface area contributed by atoms with Crippen LogP contribution in [-0.4, -0.2) is 14.9 Å². The standard InChI is InChI=1S/C10H11BrN2OS/c1-6-7(3-12-13(6)2)10(14)8-4-15-5-9(8)11/h3-5,10,14H,1-2H3. The minimum atomic E-state index is -0.598. The fraction of sp³-hybridized carbons (Fsp3) is 0.300. The molecule has 0 fully saturated rings. The molecule has 2 rings (SSSR count). The van der Waals surface area contributed by atoms with Gasteiger partial charge in [0.25, 0.3) is 0 Å². The second-order valence-electron chi connectivity index (χ2n) is 3.39. The molecule has 3 nitrogen and oxygen atoms in total. The van der Waals surface area contributed by atoms with Crippen LogP contribution in [0.5, 0.6) is 0 Å². The highest BCUT2D eigenvalue weighted by molar-refractivity contribution is 9.10. The number of aliphatic hydroxyl groups is 1. The van der Waals surface area contributed by atoms with E-state index < -0.39 is 6.10 Å². The van der Waals surface area contributed by atoms with Crippen molar-refractivity contribution in [2.75, 3.05) is 0 Å². The Morgan fingerprint density at radius 1 is 1.47 bits per heavy atom. The van der Waals surface area contributed by atoms with Crippen LogP contribution in [0.3, 0.4) is 0 Å².